The van der Waals surface area contributed by atoms with Crippen LogP contribution < -0.4 is 20.1 Å². The lowest BCUT2D eigenvalue weighted by Gasteiger charge is -2.28. The van der Waals surface area contributed by atoms with Gasteiger partial charge >= 0.3 is 5.97 Å². The van der Waals surface area contributed by atoms with Crippen molar-refractivity contribution in [3.05, 3.63) is 59.7 Å². The summed E-state index contributed by atoms with van der Waals surface area (Å²) in [7, 11) is 2.99. The van der Waals surface area contributed by atoms with Crippen molar-refractivity contribution in [2.45, 2.75) is 38.6 Å². The Kier molecular flexibility index (Phi) is 11.0. The van der Waals surface area contributed by atoms with Gasteiger partial charge in [0.05, 0.1) is 20.8 Å². The molecule has 35 heavy (non-hydrogen) atoms. The van der Waals surface area contributed by atoms with Crippen molar-refractivity contribution in [2.75, 3.05) is 20.8 Å². The molecule has 0 aliphatic heterocycles. The minimum atomic E-state index is -1.66. The number of para-hydroxylation sites is 2. The molecule has 4 N–H and O–H groups in total. The van der Waals surface area contributed by atoms with E-state index in [0.717, 1.165) is 0 Å². The van der Waals surface area contributed by atoms with Gasteiger partial charge in [-0.2, -0.15) is 0 Å². The first-order chi connectivity index (χ1) is 16.9. The number of carbonyl (C=O) groups is 3. The zero-order valence-corrected chi connectivity index (χ0v) is 20.0. The van der Waals surface area contributed by atoms with Crippen molar-refractivity contribution >= 4 is 17.8 Å². The van der Waals surface area contributed by atoms with Crippen molar-refractivity contribution in [3.8, 4) is 11.5 Å². The number of esters is 1. The molecule has 2 rings (SSSR count). The number of aliphatic hydroxyl groups excluding tert-OH is 2. The number of nitrogens with one attached hydrogen (secondary N) is 2. The standard InChI is InChI=1S/C25H32N2O8/c1-4-21(30)35-23(18(29)15-28)22(24(31)26-13-16-9-5-7-11-19(16)33-2)25(32)27-14-17-10-6-8-12-20(17)34-3/h5-12,18,22-23,28-29H,4,13-15H2,1-3H3,(H,26,31)(H,27,32). The fourth-order valence-electron chi connectivity index (χ4n) is 3.41. The summed E-state index contributed by atoms with van der Waals surface area (Å²) in [6, 6.07) is 14.0. The predicted octanol–water partition coefficient (Wildman–Crippen LogP) is 0.928. The van der Waals surface area contributed by atoms with Crippen LogP contribution in [-0.4, -0.2) is 61.0 Å². The highest BCUT2D eigenvalue weighted by atomic mass is 16.6. The minimum absolute atomic E-state index is 0.0167. The maximum Gasteiger partial charge on any atom is 0.305 e. The second-order valence-electron chi connectivity index (χ2n) is 7.59. The van der Waals surface area contributed by atoms with Crippen LogP contribution in [0.3, 0.4) is 0 Å². The molecule has 0 heterocycles. The molecule has 2 aromatic rings. The normalized spacial score (nSPS) is 12.4. The molecule has 0 saturated heterocycles. The van der Waals surface area contributed by atoms with E-state index >= 15 is 0 Å². The van der Waals surface area contributed by atoms with E-state index < -0.39 is 42.5 Å². The summed E-state index contributed by atoms with van der Waals surface area (Å²) in [5.41, 5.74) is 1.31. The number of hydrogen-bond donors (Lipinski definition) is 4. The van der Waals surface area contributed by atoms with E-state index in [0.29, 0.717) is 22.6 Å². The van der Waals surface area contributed by atoms with Crippen molar-refractivity contribution < 1.29 is 38.8 Å². The summed E-state index contributed by atoms with van der Waals surface area (Å²) in [5.74, 6) is -2.90. The maximum atomic E-state index is 13.2. The van der Waals surface area contributed by atoms with Gasteiger partial charge in [-0.15, -0.1) is 0 Å². The van der Waals surface area contributed by atoms with E-state index in [1.807, 2.05) is 0 Å². The summed E-state index contributed by atoms with van der Waals surface area (Å²) in [4.78, 5) is 38.4. The van der Waals surface area contributed by atoms with Crippen LogP contribution in [-0.2, 0) is 32.2 Å². The smallest absolute Gasteiger partial charge is 0.305 e. The molecular weight excluding hydrogens is 456 g/mol. The molecule has 2 unspecified atom stereocenters. The quantitative estimate of drug-likeness (QED) is 0.241. The highest BCUT2D eigenvalue weighted by molar-refractivity contribution is 6.01. The molecule has 0 spiro atoms. The molecule has 0 aliphatic rings. The van der Waals surface area contributed by atoms with E-state index in [4.69, 9.17) is 14.2 Å². The lowest BCUT2D eigenvalue weighted by atomic mass is 9.95. The van der Waals surface area contributed by atoms with Crippen LogP contribution in [0.25, 0.3) is 0 Å². The van der Waals surface area contributed by atoms with Crippen molar-refractivity contribution in [1.82, 2.24) is 10.6 Å². The number of ether oxygens (including phenoxy) is 3. The third-order valence-electron chi connectivity index (χ3n) is 5.31. The molecule has 2 amide bonds. The Morgan fingerprint density at radius 1 is 0.857 bits per heavy atom. The number of rotatable bonds is 13. The molecule has 0 aliphatic carbocycles. The van der Waals surface area contributed by atoms with Crippen molar-refractivity contribution in [1.29, 1.82) is 0 Å². The fraction of sp³-hybridized carbons (Fsp3) is 0.400. The first kappa shape index (κ1) is 27.6. The van der Waals surface area contributed by atoms with Crippen molar-refractivity contribution in [3.63, 3.8) is 0 Å². The minimum Gasteiger partial charge on any atom is -0.496 e. The van der Waals surface area contributed by atoms with Crippen LogP contribution in [0.5, 0.6) is 11.5 Å². The summed E-state index contributed by atoms with van der Waals surface area (Å²) in [6.07, 6.45) is -3.32. The third-order valence-corrected chi connectivity index (χ3v) is 5.31. The Morgan fingerprint density at radius 3 is 1.71 bits per heavy atom. The zero-order valence-electron chi connectivity index (χ0n) is 20.0. The average Bonchev–Trinajstić information content (AvgIpc) is 2.89. The molecule has 0 radical (unpaired) electrons. The van der Waals surface area contributed by atoms with Gasteiger partial charge in [-0.05, 0) is 12.1 Å². The number of aliphatic hydroxyl groups is 2. The second kappa shape index (κ2) is 13.9. The van der Waals surface area contributed by atoms with Crippen LogP contribution in [0.1, 0.15) is 24.5 Å². The van der Waals surface area contributed by atoms with E-state index in [9.17, 15) is 24.6 Å². The van der Waals surface area contributed by atoms with Crippen LogP contribution in [0.4, 0.5) is 0 Å². The first-order valence-corrected chi connectivity index (χ1v) is 11.1. The molecule has 0 bridgehead atoms. The molecule has 190 valence electrons. The van der Waals surface area contributed by atoms with E-state index in [1.165, 1.54) is 21.1 Å². The van der Waals surface area contributed by atoms with Gasteiger partial charge in [-0.25, -0.2) is 0 Å². The largest absolute Gasteiger partial charge is 0.496 e. The monoisotopic (exact) mass is 488 g/mol. The predicted molar refractivity (Wildman–Crippen MR) is 126 cm³/mol. The third kappa shape index (κ3) is 7.69. The summed E-state index contributed by atoms with van der Waals surface area (Å²) < 4.78 is 15.8. The molecule has 0 saturated carbocycles. The fourth-order valence-corrected chi connectivity index (χ4v) is 3.41. The van der Waals surface area contributed by atoms with Crippen LogP contribution in [0, 0.1) is 5.92 Å². The zero-order chi connectivity index (χ0) is 25.8. The first-order valence-electron chi connectivity index (χ1n) is 11.1. The summed E-state index contributed by atoms with van der Waals surface area (Å²) in [5, 5.41) is 25.1. The highest BCUT2D eigenvalue weighted by Crippen LogP contribution is 2.20. The Morgan fingerprint density at radius 2 is 1.31 bits per heavy atom. The van der Waals surface area contributed by atoms with Gasteiger partial charge in [0.1, 0.15) is 17.6 Å². The van der Waals surface area contributed by atoms with Gasteiger partial charge in [0.25, 0.3) is 0 Å². The van der Waals surface area contributed by atoms with Gasteiger partial charge < -0.3 is 35.1 Å². The molecule has 2 aromatic carbocycles. The Hall–Kier alpha value is -3.63. The average molecular weight is 489 g/mol. The van der Waals surface area contributed by atoms with E-state index in [1.54, 1.807) is 48.5 Å². The SMILES string of the molecule is CCC(=O)OC(C(O)CO)C(C(=O)NCc1ccccc1OC)C(=O)NCc1ccccc1OC. The number of methoxy groups -OCH3 is 2. The van der Waals surface area contributed by atoms with E-state index in [2.05, 4.69) is 10.6 Å². The molecule has 10 nitrogen and oxygen atoms in total. The van der Waals surface area contributed by atoms with Gasteiger partial charge in [0.2, 0.25) is 11.8 Å². The molecule has 2 atom stereocenters. The van der Waals surface area contributed by atoms with Gasteiger partial charge in [0, 0.05) is 30.6 Å². The second-order valence-corrected chi connectivity index (χ2v) is 7.59. The van der Waals surface area contributed by atoms with Crippen molar-refractivity contribution in [2.24, 2.45) is 5.92 Å². The lowest BCUT2D eigenvalue weighted by molar-refractivity contribution is -0.166. The summed E-state index contributed by atoms with van der Waals surface area (Å²) in [6.45, 7) is 0.743. The number of hydrogen-bond acceptors (Lipinski definition) is 8. The highest BCUT2D eigenvalue weighted by Gasteiger charge is 2.41. The number of amides is 2. The van der Waals surface area contributed by atoms with E-state index in [-0.39, 0.29) is 19.5 Å². The van der Waals surface area contributed by atoms with Crippen LogP contribution in [0.2, 0.25) is 0 Å². The summed E-state index contributed by atoms with van der Waals surface area (Å²) >= 11 is 0. The Balaban J connectivity index is 2.29. The molecule has 10 heteroatoms. The topological polar surface area (TPSA) is 143 Å². The van der Waals surface area contributed by atoms with Gasteiger partial charge in [-0.3, -0.25) is 14.4 Å². The van der Waals surface area contributed by atoms with Crippen LogP contribution in [0.15, 0.2) is 48.5 Å². The molecule has 0 aromatic heterocycles. The van der Waals surface area contributed by atoms with Gasteiger partial charge in [-0.1, -0.05) is 43.3 Å². The Bertz CT molecular complexity index is 933. The number of benzene rings is 2. The maximum absolute atomic E-state index is 13.2. The number of carbonyl (C=O) groups excluding carboxylic acids is 3. The molecular formula is C25H32N2O8. The van der Waals surface area contributed by atoms with Gasteiger partial charge in [0.15, 0.2) is 12.0 Å². The Labute approximate surface area is 204 Å². The van der Waals surface area contributed by atoms with Crippen LogP contribution >= 0.6 is 0 Å². The lowest BCUT2D eigenvalue weighted by Crippen LogP contribution is -2.53. The molecule has 0 fully saturated rings.